The van der Waals surface area contributed by atoms with Crippen molar-refractivity contribution in [3.8, 4) is 0 Å². The van der Waals surface area contributed by atoms with Gasteiger partial charge in [-0.1, -0.05) is 13.0 Å². The van der Waals surface area contributed by atoms with Gasteiger partial charge in [0.1, 0.15) is 0 Å². The predicted molar refractivity (Wildman–Crippen MR) is 49.2 cm³/mol. The van der Waals surface area contributed by atoms with Crippen molar-refractivity contribution in [2.24, 2.45) is 5.73 Å². The molecule has 0 aromatic carbocycles. The van der Waals surface area contributed by atoms with E-state index in [1.807, 2.05) is 12.1 Å². The summed E-state index contributed by atoms with van der Waals surface area (Å²) in [5.74, 6) is 0.182. The third-order valence-corrected chi connectivity index (χ3v) is 1.64. The van der Waals surface area contributed by atoms with Crippen LogP contribution in [0.25, 0.3) is 0 Å². The number of aromatic nitrogens is 1. The van der Waals surface area contributed by atoms with Crippen molar-refractivity contribution < 1.29 is 0 Å². The van der Waals surface area contributed by atoms with Crippen LogP contribution in [0.2, 0.25) is 0 Å². The van der Waals surface area contributed by atoms with Gasteiger partial charge in [0, 0.05) is 18.3 Å². The number of hydrogen-bond acceptors (Lipinski definition) is 2. The molecule has 0 fully saturated rings. The smallest absolute Gasteiger partial charge is 0.0950 e. The maximum Gasteiger partial charge on any atom is 0.0950 e. The lowest BCUT2D eigenvalue weighted by molar-refractivity contribution is 1.02. The Morgan fingerprint density at radius 3 is 2.75 bits per heavy atom. The molecular formula is C9H13N3. The third kappa shape index (κ3) is 2.34. The van der Waals surface area contributed by atoms with Crippen molar-refractivity contribution in [2.45, 2.75) is 19.8 Å². The summed E-state index contributed by atoms with van der Waals surface area (Å²) in [7, 11) is 0. The summed E-state index contributed by atoms with van der Waals surface area (Å²) in [5, 5.41) is 7.08. The molecule has 0 atom stereocenters. The summed E-state index contributed by atoms with van der Waals surface area (Å²) in [6.45, 7) is 2.06. The first-order chi connectivity index (χ1) is 5.72. The second kappa shape index (κ2) is 3.85. The third-order valence-electron chi connectivity index (χ3n) is 1.64. The number of nitrogens with zero attached hydrogens (tertiary/aromatic N) is 1. The Morgan fingerprint density at radius 1 is 1.58 bits per heavy atom. The van der Waals surface area contributed by atoms with Gasteiger partial charge in [-0.05, 0) is 18.1 Å². The molecule has 3 heteroatoms. The highest BCUT2D eigenvalue weighted by atomic mass is 14.7. The van der Waals surface area contributed by atoms with Gasteiger partial charge in [0.25, 0.3) is 0 Å². The zero-order chi connectivity index (χ0) is 8.97. The molecule has 0 saturated carbocycles. The Balaban J connectivity index is 2.71. The quantitative estimate of drug-likeness (QED) is 0.518. The van der Waals surface area contributed by atoms with Crippen molar-refractivity contribution >= 4 is 5.84 Å². The molecule has 64 valence electrons. The summed E-state index contributed by atoms with van der Waals surface area (Å²) in [4.78, 5) is 4.20. The molecule has 0 aliphatic carbocycles. The summed E-state index contributed by atoms with van der Waals surface area (Å²) in [6, 6.07) is 3.94. The number of nitrogens with one attached hydrogen (secondary N) is 1. The van der Waals surface area contributed by atoms with E-state index in [2.05, 4.69) is 11.9 Å². The molecule has 0 aliphatic rings. The van der Waals surface area contributed by atoms with E-state index in [9.17, 15) is 0 Å². The fourth-order valence-electron chi connectivity index (χ4n) is 0.989. The summed E-state index contributed by atoms with van der Waals surface area (Å²) in [5.41, 5.74) is 7.32. The van der Waals surface area contributed by atoms with Crippen molar-refractivity contribution in [2.75, 3.05) is 0 Å². The van der Waals surface area contributed by atoms with Gasteiger partial charge in [-0.15, -0.1) is 0 Å². The van der Waals surface area contributed by atoms with Gasteiger partial charge in [0.05, 0.1) is 5.84 Å². The van der Waals surface area contributed by atoms with Gasteiger partial charge in [0.15, 0.2) is 0 Å². The minimum absolute atomic E-state index is 0.182. The largest absolute Gasteiger partial charge is 0.387 e. The van der Waals surface area contributed by atoms with E-state index in [-0.39, 0.29) is 5.84 Å². The van der Waals surface area contributed by atoms with Crippen LogP contribution in [-0.4, -0.2) is 10.8 Å². The standard InChI is InChI=1S/C9H13N3/c1-2-8-4-3-7(6-12-8)5-9(10)11/h3-4,6H,2,5H2,1H3,(H3,10,11). The van der Waals surface area contributed by atoms with E-state index in [1.165, 1.54) is 0 Å². The van der Waals surface area contributed by atoms with Crippen LogP contribution in [0, 0.1) is 5.41 Å². The minimum Gasteiger partial charge on any atom is -0.387 e. The highest BCUT2D eigenvalue weighted by Crippen LogP contribution is 2.01. The van der Waals surface area contributed by atoms with Crippen LogP contribution in [-0.2, 0) is 12.8 Å². The number of nitrogens with two attached hydrogens (primary N) is 1. The van der Waals surface area contributed by atoms with Gasteiger partial charge in [-0.2, -0.15) is 0 Å². The van der Waals surface area contributed by atoms with Crippen LogP contribution in [0.3, 0.4) is 0 Å². The molecule has 0 aliphatic heterocycles. The molecular weight excluding hydrogens is 150 g/mol. The second-order valence-corrected chi connectivity index (χ2v) is 2.71. The van der Waals surface area contributed by atoms with Crippen LogP contribution in [0.15, 0.2) is 18.3 Å². The van der Waals surface area contributed by atoms with Gasteiger partial charge >= 0.3 is 0 Å². The Bertz CT molecular complexity index is 264. The molecule has 1 heterocycles. The zero-order valence-corrected chi connectivity index (χ0v) is 7.17. The Kier molecular flexibility index (Phi) is 2.80. The number of rotatable bonds is 3. The maximum atomic E-state index is 7.08. The normalized spacial score (nSPS) is 9.75. The summed E-state index contributed by atoms with van der Waals surface area (Å²) in [6.07, 6.45) is 3.22. The van der Waals surface area contributed by atoms with E-state index >= 15 is 0 Å². The summed E-state index contributed by atoms with van der Waals surface area (Å²) >= 11 is 0. The number of amidine groups is 1. The number of hydrogen-bond donors (Lipinski definition) is 2. The van der Waals surface area contributed by atoms with Crippen molar-refractivity contribution in [3.05, 3.63) is 29.6 Å². The lowest BCUT2D eigenvalue weighted by Gasteiger charge is -1.99. The average molecular weight is 163 g/mol. The predicted octanol–water partition coefficient (Wildman–Crippen LogP) is 1.12. The molecule has 3 N–H and O–H groups in total. The van der Waals surface area contributed by atoms with Crippen LogP contribution in [0.1, 0.15) is 18.2 Å². The Labute approximate surface area is 72.1 Å². The highest BCUT2D eigenvalue weighted by molar-refractivity contribution is 5.79. The molecule has 12 heavy (non-hydrogen) atoms. The van der Waals surface area contributed by atoms with Crippen molar-refractivity contribution in [3.63, 3.8) is 0 Å². The van der Waals surface area contributed by atoms with Gasteiger partial charge in [0.2, 0.25) is 0 Å². The van der Waals surface area contributed by atoms with E-state index in [4.69, 9.17) is 11.1 Å². The van der Waals surface area contributed by atoms with Crippen LogP contribution < -0.4 is 5.73 Å². The molecule has 1 aromatic heterocycles. The van der Waals surface area contributed by atoms with E-state index in [0.717, 1.165) is 17.7 Å². The van der Waals surface area contributed by atoms with E-state index in [0.29, 0.717) is 6.42 Å². The fourth-order valence-corrected chi connectivity index (χ4v) is 0.989. The van der Waals surface area contributed by atoms with Gasteiger partial charge in [-0.3, -0.25) is 10.4 Å². The van der Waals surface area contributed by atoms with Crippen LogP contribution in [0.5, 0.6) is 0 Å². The lowest BCUT2D eigenvalue weighted by Crippen LogP contribution is -2.12. The minimum atomic E-state index is 0.182. The average Bonchev–Trinajstić information content (AvgIpc) is 2.05. The first kappa shape index (κ1) is 8.71. The maximum absolute atomic E-state index is 7.08. The Hall–Kier alpha value is -1.38. The topological polar surface area (TPSA) is 62.8 Å². The molecule has 0 bridgehead atoms. The fraction of sp³-hybridized carbons (Fsp3) is 0.333. The number of aryl methyl sites for hydroxylation is 1. The Morgan fingerprint density at radius 2 is 2.33 bits per heavy atom. The van der Waals surface area contributed by atoms with E-state index in [1.54, 1.807) is 6.20 Å². The molecule has 0 saturated heterocycles. The molecule has 0 unspecified atom stereocenters. The van der Waals surface area contributed by atoms with Crippen molar-refractivity contribution in [1.29, 1.82) is 5.41 Å². The van der Waals surface area contributed by atoms with Crippen molar-refractivity contribution in [1.82, 2.24) is 4.98 Å². The highest BCUT2D eigenvalue weighted by Gasteiger charge is 1.95. The second-order valence-electron chi connectivity index (χ2n) is 2.71. The molecule has 0 radical (unpaired) electrons. The van der Waals surface area contributed by atoms with Gasteiger partial charge < -0.3 is 5.73 Å². The number of pyridine rings is 1. The monoisotopic (exact) mass is 163 g/mol. The zero-order valence-electron chi connectivity index (χ0n) is 7.17. The molecule has 1 rings (SSSR count). The first-order valence-corrected chi connectivity index (χ1v) is 3.99. The molecule has 0 spiro atoms. The molecule has 1 aromatic rings. The molecule has 3 nitrogen and oxygen atoms in total. The SMILES string of the molecule is CCc1ccc(CC(=N)N)cn1. The summed E-state index contributed by atoms with van der Waals surface area (Å²) < 4.78 is 0. The first-order valence-electron chi connectivity index (χ1n) is 3.99. The van der Waals surface area contributed by atoms with E-state index < -0.39 is 0 Å². The lowest BCUT2D eigenvalue weighted by atomic mass is 10.2. The van der Waals surface area contributed by atoms with Crippen LogP contribution >= 0.6 is 0 Å². The van der Waals surface area contributed by atoms with Crippen LogP contribution in [0.4, 0.5) is 0 Å². The van der Waals surface area contributed by atoms with Gasteiger partial charge in [-0.25, -0.2) is 0 Å². The molecule has 0 amide bonds.